The van der Waals surface area contributed by atoms with Crippen molar-refractivity contribution in [1.82, 2.24) is 15.5 Å². The zero-order valence-corrected chi connectivity index (χ0v) is 21.6. The molecule has 1 aliphatic carbocycles. The van der Waals surface area contributed by atoms with Crippen LogP contribution >= 0.6 is 0 Å². The highest BCUT2D eigenvalue weighted by atomic mass is 16.6. The summed E-state index contributed by atoms with van der Waals surface area (Å²) in [6.45, 7) is 7.08. The molecule has 0 bridgehead atoms. The quantitative estimate of drug-likeness (QED) is 0.492. The van der Waals surface area contributed by atoms with Crippen molar-refractivity contribution in [2.24, 2.45) is 5.73 Å². The summed E-state index contributed by atoms with van der Waals surface area (Å²) >= 11 is 0. The smallest absolute Gasteiger partial charge is 0.408 e. The predicted octanol–water partition coefficient (Wildman–Crippen LogP) is 3.10. The van der Waals surface area contributed by atoms with E-state index in [-0.39, 0.29) is 24.8 Å². The molecule has 194 valence electrons. The number of nitrogens with two attached hydrogens (primary N) is 1. The number of carbonyl (C=O) groups excluding carboxylic acids is 4. The Balaban J connectivity index is 2.29. The average molecular weight is 489 g/mol. The number of aryl methyl sites for hydroxylation is 1. The van der Waals surface area contributed by atoms with Crippen molar-refractivity contribution in [2.45, 2.75) is 96.4 Å². The van der Waals surface area contributed by atoms with E-state index in [1.165, 1.54) is 11.9 Å². The van der Waals surface area contributed by atoms with Gasteiger partial charge >= 0.3 is 6.09 Å². The Kier molecular flexibility index (Phi) is 10.1. The number of benzene rings is 1. The number of rotatable bonds is 9. The Morgan fingerprint density at radius 2 is 1.69 bits per heavy atom. The van der Waals surface area contributed by atoms with Crippen molar-refractivity contribution in [3.05, 3.63) is 35.4 Å². The molecule has 2 unspecified atom stereocenters. The first kappa shape index (κ1) is 28.1. The second-order valence-corrected chi connectivity index (χ2v) is 10.3. The summed E-state index contributed by atoms with van der Waals surface area (Å²) < 4.78 is 5.29. The van der Waals surface area contributed by atoms with Crippen LogP contribution in [0.3, 0.4) is 0 Å². The highest BCUT2D eigenvalue weighted by Crippen LogP contribution is 2.24. The van der Waals surface area contributed by atoms with Crippen LogP contribution < -0.4 is 16.4 Å². The summed E-state index contributed by atoms with van der Waals surface area (Å²) in [5.74, 6) is -1.38. The lowest BCUT2D eigenvalue weighted by atomic mass is 9.94. The van der Waals surface area contributed by atoms with Gasteiger partial charge in [-0.1, -0.05) is 49.1 Å². The van der Waals surface area contributed by atoms with Gasteiger partial charge < -0.3 is 26.0 Å². The maximum absolute atomic E-state index is 13.6. The fraction of sp³-hybridized carbons (Fsp3) is 0.615. The summed E-state index contributed by atoms with van der Waals surface area (Å²) in [6, 6.07) is 5.50. The Morgan fingerprint density at radius 3 is 2.23 bits per heavy atom. The third-order valence-corrected chi connectivity index (χ3v) is 6.00. The van der Waals surface area contributed by atoms with Crippen molar-refractivity contribution in [2.75, 3.05) is 7.05 Å². The molecule has 4 N–H and O–H groups in total. The van der Waals surface area contributed by atoms with E-state index < -0.39 is 35.6 Å². The second-order valence-electron chi connectivity index (χ2n) is 10.3. The predicted molar refractivity (Wildman–Crippen MR) is 133 cm³/mol. The Labute approximate surface area is 208 Å². The standard InChI is InChI=1S/C26H40N4O5/c1-17-11-13-18(14-12-17)22(23(32)28-19-9-7-6-8-10-19)30(5)24(33)20(15-16-21(27)31)29-25(34)35-26(2,3)4/h11-14,19-20,22H,6-10,15-16H2,1-5H3,(H2,27,31)(H,28,32)(H,29,34). The zero-order valence-electron chi connectivity index (χ0n) is 21.6. The van der Waals surface area contributed by atoms with Crippen molar-refractivity contribution in [3.8, 4) is 0 Å². The lowest BCUT2D eigenvalue weighted by Gasteiger charge is -2.33. The van der Waals surface area contributed by atoms with Gasteiger partial charge in [0.25, 0.3) is 0 Å². The largest absolute Gasteiger partial charge is 0.444 e. The molecule has 35 heavy (non-hydrogen) atoms. The van der Waals surface area contributed by atoms with Crippen LogP contribution in [0, 0.1) is 6.92 Å². The first-order chi connectivity index (χ1) is 16.4. The molecule has 9 heteroatoms. The molecular formula is C26H40N4O5. The fourth-order valence-corrected chi connectivity index (χ4v) is 4.19. The Hall–Kier alpha value is -3.10. The zero-order chi connectivity index (χ0) is 26.2. The molecule has 2 atom stereocenters. The summed E-state index contributed by atoms with van der Waals surface area (Å²) in [5.41, 5.74) is 6.21. The van der Waals surface area contributed by atoms with E-state index in [0.29, 0.717) is 5.56 Å². The van der Waals surface area contributed by atoms with Gasteiger partial charge in [0.05, 0.1) is 0 Å². The maximum atomic E-state index is 13.6. The Morgan fingerprint density at radius 1 is 1.09 bits per heavy atom. The number of alkyl carbamates (subject to hydrolysis) is 1. The van der Waals surface area contributed by atoms with Gasteiger partial charge in [0.15, 0.2) is 0 Å². The van der Waals surface area contributed by atoms with Crippen LogP contribution in [0.15, 0.2) is 24.3 Å². The van der Waals surface area contributed by atoms with E-state index in [2.05, 4.69) is 10.6 Å². The van der Waals surface area contributed by atoms with Crippen LogP contribution in [0.2, 0.25) is 0 Å². The van der Waals surface area contributed by atoms with Gasteiger partial charge in [0, 0.05) is 19.5 Å². The van der Waals surface area contributed by atoms with Crippen LogP contribution in [-0.4, -0.2) is 53.4 Å². The third-order valence-electron chi connectivity index (χ3n) is 6.00. The number of nitrogens with zero attached hydrogens (tertiary/aromatic N) is 1. The van der Waals surface area contributed by atoms with E-state index in [4.69, 9.17) is 10.5 Å². The minimum atomic E-state index is -1.09. The van der Waals surface area contributed by atoms with Gasteiger partial charge in [-0.3, -0.25) is 14.4 Å². The molecule has 0 saturated heterocycles. The van der Waals surface area contributed by atoms with Crippen molar-refractivity contribution in [1.29, 1.82) is 0 Å². The Bertz CT molecular complexity index is 888. The van der Waals surface area contributed by atoms with E-state index >= 15 is 0 Å². The molecule has 1 fully saturated rings. The van der Waals surface area contributed by atoms with E-state index in [1.54, 1.807) is 20.8 Å². The number of ether oxygens (including phenoxy) is 1. The maximum Gasteiger partial charge on any atom is 0.408 e. The summed E-state index contributed by atoms with van der Waals surface area (Å²) in [4.78, 5) is 52.2. The first-order valence-corrected chi connectivity index (χ1v) is 12.3. The lowest BCUT2D eigenvalue weighted by Crippen LogP contribution is -2.52. The molecular weight excluding hydrogens is 448 g/mol. The van der Waals surface area contributed by atoms with Gasteiger partial charge in [0.1, 0.15) is 17.7 Å². The minimum Gasteiger partial charge on any atom is -0.444 e. The van der Waals surface area contributed by atoms with Gasteiger partial charge in [-0.2, -0.15) is 0 Å². The third kappa shape index (κ3) is 9.22. The second kappa shape index (κ2) is 12.6. The van der Waals surface area contributed by atoms with Gasteiger partial charge in [-0.15, -0.1) is 0 Å². The molecule has 1 aromatic carbocycles. The molecule has 2 rings (SSSR count). The lowest BCUT2D eigenvalue weighted by molar-refractivity contribution is -0.141. The molecule has 0 spiro atoms. The molecule has 0 heterocycles. The van der Waals surface area contributed by atoms with Crippen LogP contribution in [-0.2, 0) is 19.1 Å². The molecule has 1 aliphatic rings. The van der Waals surface area contributed by atoms with E-state index in [9.17, 15) is 19.2 Å². The summed E-state index contributed by atoms with van der Waals surface area (Å²) in [5, 5.41) is 5.66. The number of hydrogen-bond donors (Lipinski definition) is 3. The summed E-state index contributed by atoms with van der Waals surface area (Å²) in [6.07, 6.45) is 4.19. The van der Waals surface area contributed by atoms with Crippen molar-refractivity contribution < 1.29 is 23.9 Å². The molecule has 0 radical (unpaired) electrons. The minimum absolute atomic E-state index is 0.0113. The average Bonchev–Trinajstić information content (AvgIpc) is 2.77. The number of amides is 4. The van der Waals surface area contributed by atoms with Gasteiger partial charge in [-0.25, -0.2) is 4.79 Å². The van der Waals surface area contributed by atoms with Crippen LogP contribution in [0.25, 0.3) is 0 Å². The van der Waals surface area contributed by atoms with E-state index in [1.807, 2.05) is 31.2 Å². The fourth-order valence-electron chi connectivity index (χ4n) is 4.19. The van der Waals surface area contributed by atoms with Gasteiger partial charge in [0.2, 0.25) is 17.7 Å². The molecule has 0 aromatic heterocycles. The number of primary amides is 1. The van der Waals surface area contributed by atoms with Crippen LogP contribution in [0.5, 0.6) is 0 Å². The van der Waals surface area contributed by atoms with E-state index in [0.717, 1.165) is 37.7 Å². The molecule has 1 aromatic rings. The summed E-state index contributed by atoms with van der Waals surface area (Å²) in [7, 11) is 1.53. The highest BCUT2D eigenvalue weighted by molar-refractivity contribution is 5.92. The van der Waals surface area contributed by atoms with Crippen molar-refractivity contribution >= 4 is 23.8 Å². The SMILES string of the molecule is Cc1ccc(C(C(=O)NC2CCCCC2)N(C)C(=O)C(CCC(N)=O)NC(=O)OC(C)(C)C)cc1. The van der Waals surface area contributed by atoms with Crippen LogP contribution in [0.4, 0.5) is 4.79 Å². The number of likely N-dealkylation sites (N-methyl/N-ethyl adjacent to an activating group) is 1. The van der Waals surface area contributed by atoms with Crippen molar-refractivity contribution in [3.63, 3.8) is 0 Å². The van der Waals surface area contributed by atoms with Gasteiger partial charge in [-0.05, 0) is 52.5 Å². The topological polar surface area (TPSA) is 131 Å². The monoisotopic (exact) mass is 488 g/mol. The molecule has 4 amide bonds. The highest BCUT2D eigenvalue weighted by Gasteiger charge is 2.35. The normalized spacial score (nSPS) is 16.0. The number of nitrogens with one attached hydrogen (secondary N) is 2. The molecule has 9 nitrogen and oxygen atoms in total. The molecule has 0 aliphatic heterocycles. The molecule has 1 saturated carbocycles. The van der Waals surface area contributed by atoms with Crippen LogP contribution in [0.1, 0.15) is 82.9 Å². The number of hydrogen-bond acceptors (Lipinski definition) is 5. The number of carbonyl (C=O) groups is 4. The first-order valence-electron chi connectivity index (χ1n) is 12.3.